The highest BCUT2D eigenvalue weighted by Gasteiger charge is 2.28. The number of carbonyl (C=O) groups is 1. The number of carbonyl (C=O) groups excluding carboxylic acids is 1. The van der Waals surface area contributed by atoms with Gasteiger partial charge in [0.25, 0.3) is 5.91 Å². The van der Waals surface area contributed by atoms with E-state index in [1.165, 1.54) is 0 Å². The van der Waals surface area contributed by atoms with Gasteiger partial charge in [0, 0.05) is 25.0 Å². The highest BCUT2D eigenvalue weighted by Crippen LogP contribution is 2.24. The summed E-state index contributed by atoms with van der Waals surface area (Å²) in [6.07, 6.45) is 4.83. The molecule has 1 aliphatic rings. The van der Waals surface area contributed by atoms with Crippen LogP contribution in [0.5, 0.6) is 0 Å². The van der Waals surface area contributed by atoms with Gasteiger partial charge in [0.05, 0.1) is 0 Å². The molecule has 1 aliphatic carbocycles. The smallest absolute Gasteiger partial charge is 0.289 e. The predicted octanol–water partition coefficient (Wildman–Crippen LogP) is 2.57. The first kappa shape index (κ1) is 14.1. The number of furan rings is 1. The second-order valence-electron chi connectivity index (χ2n) is 5.28. The van der Waals surface area contributed by atoms with Gasteiger partial charge in [0.2, 0.25) is 0 Å². The maximum absolute atomic E-state index is 12.5. The summed E-state index contributed by atoms with van der Waals surface area (Å²) in [7, 11) is 0. The summed E-state index contributed by atoms with van der Waals surface area (Å²) in [5, 5.41) is 0. The Kier molecular flexibility index (Phi) is 4.64. The van der Waals surface area contributed by atoms with E-state index in [0.29, 0.717) is 17.8 Å². The Labute approximate surface area is 114 Å². The van der Waals surface area contributed by atoms with Crippen molar-refractivity contribution in [3.05, 3.63) is 23.7 Å². The molecule has 19 heavy (non-hydrogen) atoms. The van der Waals surface area contributed by atoms with Crippen molar-refractivity contribution in [1.82, 2.24) is 4.90 Å². The Morgan fingerprint density at radius 1 is 1.32 bits per heavy atom. The number of hydrogen-bond acceptors (Lipinski definition) is 3. The molecule has 2 rings (SSSR count). The lowest BCUT2D eigenvalue weighted by atomic mass is 9.90. The zero-order valence-electron chi connectivity index (χ0n) is 11.9. The van der Waals surface area contributed by atoms with Crippen LogP contribution in [0, 0.1) is 0 Å². The maximum Gasteiger partial charge on any atom is 0.289 e. The lowest BCUT2D eigenvalue weighted by Crippen LogP contribution is -2.44. The molecule has 0 unspecified atom stereocenters. The van der Waals surface area contributed by atoms with Crippen molar-refractivity contribution in [3.63, 3.8) is 0 Å². The normalized spacial score (nSPS) is 23.3. The van der Waals surface area contributed by atoms with Gasteiger partial charge in [0.15, 0.2) is 5.76 Å². The van der Waals surface area contributed by atoms with Gasteiger partial charge in [-0.05, 0) is 44.7 Å². The third kappa shape index (κ3) is 3.18. The summed E-state index contributed by atoms with van der Waals surface area (Å²) >= 11 is 0. The van der Waals surface area contributed by atoms with E-state index in [0.717, 1.165) is 44.4 Å². The molecule has 0 radical (unpaired) electrons. The Morgan fingerprint density at radius 3 is 2.53 bits per heavy atom. The fraction of sp³-hybridized carbons (Fsp3) is 0.667. The van der Waals surface area contributed by atoms with Crippen LogP contribution in [0.1, 0.15) is 55.8 Å². The summed E-state index contributed by atoms with van der Waals surface area (Å²) in [4.78, 5) is 14.4. The minimum Gasteiger partial charge on any atom is -0.456 e. The lowest BCUT2D eigenvalue weighted by molar-refractivity contribution is 0.0606. The fourth-order valence-electron chi connectivity index (χ4n) is 2.81. The summed E-state index contributed by atoms with van der Waals surface area (Å²) < 4.78 is 5.57. The van der Waals surface area contributed by atoms with Gasteiger partial charge < -0.3 is 15.1 Å². The second-order valence-corrected chi connectivity index (χ2v) is 5.28. The SMILES string of the molecule is CCc1ccc(C(=O)N(CC)C2CCC(N)CC2)o1. The van der Waals surface area contributed by atoms with Crippen molar-refractivity contribution in [2.45, 2.75) is 58.0 Å². The minimum atomic E-state index is 0.0164. The van der Waals surface area contributed by atoms with Gasteiger partial charge in [-0.2, -0.15) is 0 Å². The molecule has 0 bridgehead atoms. The van der Waals surface area contributed by atoms with Crippen LogP contribution >= 0.6 is 0 Å². The van der Waals surface area contributed by atoms with E-state index in [1.807, 2.05) is 24.8 Å². The molecule has 106 valence electrons. The van der Waals surface area contributed by atoms with Crippen LogP contribution in [0.25, 0.3) is 0 Å². The number of aryl methyl sites for hydroxylation is 1. The van der Waals surface area contributed by atoms with E-state index < -0.39 is 0 Å². The quantitative estimate of drug-likeness (QED) is 0.909. The molecule has 1 aromatic heterocycles. The first-order chi connectivity index (χ1) is 9.15. The van der Waals surface area contributed by atoms with E-state index in [9.17, 15) is 4.79 Å². The standard InChI is InChI=1S/C15H24N2O2/c1-3-13-9-10-14(19-13)15(18)17(4-2)12-7-5-11(16)6-8-12/h9-12H,3-8,16H2,1-2H3. The van der Waals surface area contributed by atoms with E-state index in [4.69, 9.17) is 10.2 Å². The van der Waals surface area contributed by atoms with E-state index >= 15 is 0 Å². The van der Waals surface area contributed by atoms with Crippen LogP contribution in [-0.4, -0.2) is 29.4 Å². The largest absolute Gasteiger partial charge is 0.456 e. The van der Waals surface area contributed by atoms with Crippen molar-refractivity contribution in [1.29, 1.82) is 0 Å². The van der Waals surface area contributed by atoms with Gasteiger partial charge in [-0.1, -0.05) is 6.92 Å². The molecule has 2 N–H and O–H groups in total. The molecule has 0 aliphatic heterocycles. The third-order valence-electron chi connectivity index (χ3n) is 4.00. The van der Waals surface area contributed by atoms with Crippen molar-refractivity contribution in [3.8, 4) is 0 Å². The molecule has 0 atom stereocenters. The zero-order chi connectivity index (χ0) is 13.8. The Bertz CT molecular complexity index is 420. The molecule has 1 saturated carbocycles. The van der Waals surface area contributed by atoms with Crippen LogP contribution < -0.4 is 5.73 Å². The van der Waals surface area contributed by atoms with Gasteiger partial charge in [-0.25, -0.2) is 0 Å². The molecular formula is C15H24N2O2. The van der Waals surface area contributed by atoms with E-state index in [-0.39, 0.29) is 5.91 Å². The number of amides is 1. The summed E-state index contributed by atoms with van der Waals surface area (Å²) in [5.74, 6) is 1.35. The molecule has 1 aromatic rings. The average Bonchev–Trinajstić information content (AvgIpc) is 2.90. The van der Waals surface area contributed by atoms with Crippen LogP contribution in [0.3, 0.4) is 0 Å². The van der Waals surface area contributed by atoms with Crippen LogP contribution in [0.4, 0.5) is 0 Å². The van der Waals surface area contributed by atoms with Crippen LogP contribution in [0.2, 0.25) is 0 Å². The van der Waals surface area contributed by atoms with Crippen molar-refractivity contribution in [2.24, 2.45) is 5.73 Å². The first-order valence-electron chi connectivity index (χ1n) is 7.31. The Balaban J connectivity index is 2.06. The number of nitrogens with zero attached hydrogens (tertiary/aromatic N) is 1. The second kappa shape index (κ2) is 6.24. The highest BCUT2D eigenvalue weighted by atomic mass is 16.4. The third-order valence-corrected chi connectivity index (χ3v) is 4.00. The van der Waals surface area contributed by atoms with Gasteiger partial charge in [-0.3, -0.25) is 4.79 Å². The molecule has 4 heteroatoms. The molecule has 1 heterocycles. The lowest BCUT2D eigenvalue weighted by Gasteiger charge is -2.35. The number of rotatable bonds is 4. The van der Waals surface area contributed by atoms with Crippen LogP contribution in [0.15, 0.2) is 16.5 Å². The molecule has 0 saturated heterocycles. The van der Waals surface area contributed by atoms with E-state index in [2.05, 4.69) is 0 Å². The first-order valence-corrected chi connectivity index (χ1v) is 7.31. The van der Waals surface area contributed by atoms with Crippen molar-refractivity contribution < 1.29 is 9.21 Å². The summed E-state index contributed by atoms with van der Waals surface area (Å²) in [6, 6.07) is 4.30. The maximum atomic E-state index is 12.5. The highest BCUT2D eigenvalue weighted by molar-refractivity contribution is 5.91. The number of hydrogen-bond donors (Lipinski definition) is 1. The van der Waals surface area contributed by atoms with Gasteiger partial charge >= 0.3 is 0 Å². The predicted molar refractivity (Wildman–Crippen MR) is 75.0 cm³/mol. The van der Waals surface area contributed by atoms with Crippen molar-refractivity contribution >= 4 is 5.91 Å². The van der Waals surface area contributed by atoms with Gasteiger partial charge in [0.1, 0.15) is 5.76 Å². The molecular weight excluding hydrogens is 240 g/mol. The average molecular weight is 264 g/mol. The van der Waals surface area contributed by atoms with Crippen molar-refractivity contribution in [2.75, 3.05) is 6.54 Å². The summed E-state index contributed by atoms with van der Waals surface area (Å²) in [5.41, 5.74) is 5.93. The molecule has 1 fully saturated rings. The van der Waals surface area contributed by atoms with Crippen LogP contribution in [-0.2, 0) is 6.42 Å². The monoisotopic (exact) mass is 264 g/mol. The minimum absolute atomic E-state index is 0.0164. The fourth-order valence-corrected chi connectivity index (χ4v) is 2.81. The Hall–Kier alpha value is -1.29. The molecule has 1 amide bonds. The molecule has 0 aromatic carbocycles. The molecule has 4 nitrogen and oxygen atoms in total. The number of nitrogens with two attached hydrogens (primary N) is 1. The zero-order valence-corrected chi connectivity index (χ0v) is 11.9. The Morgan fingerprint density at radius 2 is 2.00 bits per heavy atom. The van der Waals surface area contributed by atoms with Gasteiger partial charge in [-0.15, -0.1) is 0 Å². The summed E-state index contributed by atoms with van der Waals surface area (Å²) in [6.45, 7) is 4.77. The topological polar surface area (TPSA) is 59.5 Å². The molecule has 0 spiro atoms. The van der Waals surface area contributed by atoms with E-state index in [1.54, 1.807) is 6.07 Å².